The van der Waals surface area contributed by atoms with Crippen LogP contribution in [0, 0.1) is 0 Å². The maximum atomic E-state index is 11.3. The first kappa shape index (κ1) is 16.9. The van der Waals surface area contributed by atoms with Gasteiger partial charge in [-0.15, -0.1) is 0 Å². The van der Waals surface area contributed by atoms with E-state index in [2.05, 4.69) is 11.9 Å². The first-order chi connectivity index (χ1) is 9.26. The minimum absolute atomic E-state index is 0.103. The highest BCUT2D eigenvalue weighted by Crippen LogP contribution is 2.40. The number of hydrogen-bond acceptors (Lipinski definition) is 7. The Morgan fingerprint density at radius 1 is 1.55 bits per heavy atom. The van der Waals surface area contributed by atoms with Crippen molar-refractivity contribution in [1.29, 1.82) is 0 Å². The topological polar surface area (TPSA) is 117 Å². The lowest BCUT2D eigenvalue weighted by atomic mass is 9.77. The van der Waals surface area contributed by atoms with E-state index in [1.54, 1.807) is 0 Å². The van der Waals surface area contributed by atoms with Gasteiger partial charge in [0.05, 0.1) is 6.61 Å². The fraction of sp³-hybridized carbons (Fsp3) is 0.750. The van der Waals surface area contributed by atoms with Crippen molar-refractivity contribution in [1.82, 2.24) is 5.32 Å². The molecule has 1 rings (SSSR count). The molecule has 0 aromatic carbocycles. The van der Waals surface area contributed by atoms with Crippen LogP contribution >= 0.6 is 0 Å². The Bertz CT molecular complexity index is 388. The zero-order valence-electron chi connectivity index (χ0n) is 11.8. The number of amides is 1. The second-order valence-corrected chi connectivity index (χ2v) is 4.65. The largest absolute Gasteiger partial charge is 0.441 e. The smallest absolute Gasteiger partial charge is 0.407 e. The highest BCUT2D eigenvalue weighted by atomic mass is 16.7. The Balaban J connectivity index is 3.15. The van der Waals surface area contributed by atoms with Gasteiger partial charge in [-0.25, -0.2) is 4.79 Å². The summed E-state index contributed by atoms with van der Waals surface area (Å²) in [6, 6.07) is 0. The van der Waals surface area contributed by atoms with Crippen molar-refractivity contribution in [3.8, 4) is 0 Å². The molecule has 20 heavy (non-hydrogen) atoms. The third kappa shape index (κ3) is 2.52. The molecule has 0 unspecified atom stereocenters. The molecule has 1 aliphatic rings. The second-order valence-electron chi connectivity index (χ2n) is 4.65. The van der Waals surface area contributed by atoms with Crippen molar-refractivity contribution in [3.05, 3.63) is 12.2 Å². The van der Waals surface area contributed by atoms with Crippen LogP contribution in [0.1, 0.15) is 6.92 Å². The molecule has 4 atom stereocenters. The maximum absolute atomic E-state index is 11.3. The molecule has 1 amide bonds. The van der Waals surface area contributed by atoms with Gasteiger partial charge in [-0.1, -0.05) is 6.58 Å². The number of methoxy groups -OCH3 is 1. The Labute approximate surface area is 116 Å². The lowest BCUT2D eigenvalue weighted by Gasteiger charge is -2.51. The summed E-state index contributed by atoms with van der Waals surface area (Å²) in [6.45, 7) is 3.91. The first-order valence-electron chi connectivity index (χ1n) is 6.03. The summed E-state index contributed by atoms with van der Waals surface area (Å²) in [5.41, 5.74) is -2.03. The maximum Gasteiger partial charge on any atom is 0.407 e. The van der Waals surface area contributed by atoms with Crippen LogP contribution in [-0.2, 0) is 14.2 Å². The van der Waals surface area contributed by atoms with E-state index in [9.17, 15) is 20.1 Å². The van der Waals surface area contributed by atoms with Crippen LogP contribution in [0.2, 0.25) is 0 Å². The first-order valence-corrected chi connectivity index (χ1v) is 6.03. The molecule has 8 heteroatoms. The van der Waals surface area contributed by atoms with Crippen molar-refractivity contribution in [3.63, 3.8) is 0 Å². The van der Waals surface area contributed by atoms with Gasteiger partial charge < -0.3 is 34.8 Å². The van der Waals surface area contributed by atoms with Gasteiger partial charge in [0.1, 0.15) is 12.7 Å². The molecule has 0 spiro atoms. The Kier molecular flexibility index (Phi) is 5.11. The molecule has 1 aliphatic heterocycles. The lowest BCUT2D eigenvalue weighted by molar-refractivity contribution is -0.364. The van der Waals surface area contributed by atoms with E-state index in [1.165, 1.54) is 21.1 Å². The number of ether oxygens (including phenoxy) is 3. The van der Waals surface area contributed by atoms with Gasteiger partial charge in [-0.05, 0) is 12.5 Å². The van der Waals surface area contributed by atoms with E-state index in [-0.39, 0.29) is 12.2 Å². The highest BCUT2D eigenvalue weighted by Gasteiger charge is 2.63. The average molecular weight is 291 g/mol. The SMILES string of the molecule is C=C(C)[C@@]1(O)[C@H](OC)[C@H](OC(=O)NC)CO[C@]1(O)CO. The van der Waals surface area contributed by atoms with Crippen LogP contribution in [0.4, 0.5) is 4.79 Å². The fourth-order valence-corrected chi connectivity index (χ4v) is 2.27. The molecule has 4 N–H and O–H groups in total. The third-order valence-corrected chi connectivity index (χ3v) is 3.41. The second kappa shape index (κ2) is 6.06. The zero-order chi connectivity index (χ0) is 15.6. The van der Waals surface area contributed by atoms with Crippen LogP contribution in [0.15, 0.2) is 12.2 Å². The van der Waals surface area contributed by atoms with Crippen LogP contribution < -0.4 is 5.32 Å². The standard InChI is InChI=1S/C12H21NO7/c1-7(2)12(17)9(18-4)8(20-10(15)13-3)5-19-11(12,16)6-14/h8-9,14,16-17H,1,5-6H2,2-4H3,(H,13,15)/t8-,9-,11-,12-/m1/s1. The van der Waals surface area contributed by atoms with Crippen LogP contribution in [0.5, 0.6) is 0 Å². The van der Waals surface area contributed by atoms with Gasteiger partial charge in [-0.2, -0.15) is 0 Å². The van der Waals surface area contributed by atoms with E-state index in [0.29, 0.717) is 0 Å². The van der Waals surface area contributed by atoms with Gasteiger partial charge in [0.2, 0.25) is 5.79 Å². The van der Waals surface area contributed by atoms with Gasteiger partial charge in [0, 0.05) is 14.2 Å². The number of aliphatic hydroxyl groups is 3. The molecular weight excluding hydrogens is 270 g/mol. The number of alkyl carbamates (subject to hydrolysis) is 1. The van der Waals surface area contributed by atoms with Crippen molar-refractivity contribution in [2.24, 2.45) is 0 Å². The van der Waals surface area contributed by atoms with Crippen molar-refractivity contribution in [2.45, 2.75) is 30.5 Å². The normalized spacial score (nSPS) is 37.3. The highest BCUT2D eigenvalue weighted by molar-refractivity contribution is 5.67. The molecule has 0 aromatic rings. The predicted octanol–water partition coefficient (Wildman–Crippen LogP) is -1.26. The minimum Gasteiger partial charge on any atom is -0.441 e. The average Bonchev–Trinajstić information content (AvgIpc) is 2.42. The summed E-state index contributed by atoms with van der Waals surface area (Å²) in [5, 5.41) is 32.5. The molecule has 0 aromatic heterocycles. The van der Waals surface area contributed by atoms with Gasteiger partial charge in [0.15, 0.2) is 11.7 Å². The zero-order valence-corrected chi connectivity index (χ0v) is 11.8. The summed E-state index contributed by atoms with van der Waals surface area (Å²) < 4.78 is 15.3. The number of hydrogen-bond donors (Lipinski definition) is 4. The van der Waals surface area contributed by atoms with E-state index < -0.39 is 36.3 Å². The third-order valence-electron chi connectivity index (χ3n) is 3.41. The minimum atomic E-state index is -2.29. The predicted molar refractivity (Wildman–Crippen MR) is 67.9 cm³/mol. The number of nitrogens with one attached hydrogen (secondary N) is 1. The van der Waals surface area contributed by atoms with Crippen LogP contribution in [0.25, 0.3) is 0 Å². The number of rotatable bonds is 4. The van der Waals surface area contributed by atoms with Gasteiger partial charge in [0.25, 0.3) is 0 Å². The molecule has 1 heterocycles. The number of aliphatic hydroxyl groups excluding tert-OH is 1. The summed E-state index contributed by atoms with van der Waals surface area (Å²) in [6.07, 6.45) is -2.86. The molecule has 0 aliphatic carbocycles. The van der Waals surface area contributed by atoms with Gasteiger partial charge in [-0.3, -0.25) is 0 Å². The molecule has 1 saturated heterocycles. The molecule has 0 radical (unpaired) electrons. The summed E-state index contributed by atoms with van der Waals surface area (Å²) >= 11 is 0. The molecule has 0 saturated carbocycles. The number of carbonyl (C=O) groups is 1. The van der Waals surface area contributed by atoms with E-state index in [0.717, 1.165) is 0 Å². The van der Waals surface area contributed by atoms with Crippen molar-refractivity contribution in [2.75, 3.05) is 27.4 Å². The van der Waals surface area contributed by atoms with Crippen molar-refractivity contribution >= 4 is 6.09 Å². The summed E-state index contributed by atoms with van der Waals surface area (Å²) in [4.78, 5) is 11.3. The Morgan fingerprint density at radius 3 is 2.55 bits per heavy atom. The summed E-state index contributed by atoms with van der Waals surface area (Å²) in [5.74, 6) is -2.29. The van der Waals surface area contributed by atoms with E-state index in [4.69, 9.17) is 14.2 Å². The Hall–Kier alpha value is -1.19. The monoisotopic (exact) mass is 291 g/mol. The van der Waals surface area contributed by atoms with Gasteiger partial charge >= 0.3 is 6.09 Å². The Morgan fingerprint density at radius 2 is 2.15 bits per heavy atom. The molecule has 1 fully saturated rings. The molecular formula is C12H21NO7. The quantitative estimate of drug-likeness (QED) is 0.478. The van der Waals surface area contributed by atoms with Crippen molar-refractivity contribution < 1.29 is 34.3 Å². The molecule has 0 bridgehead atoms. The van der Waals surface area contributed by atoms with E-state index in [1.807, 2.05) is 0 Å². The van der Waals surface area contributed by atoms with Crippen LogP contribution in [0.3, 0.4) is 0 Å². The number of carbonyl (C=O) groups excluding carboxylic acids is 1. The van der Waals surface area contributed by atoms with E-state index >= 15 is 0 Å². The fourth-order valence-electron chi connectivity index (χ4n) is 2.27. The molecule has 116 valence electrons. The summed E-state index contributed by atoms with van der Waals surface area (Å²) in [7, 11) is 2.66. The molecule has 8 nitrogen and oxygen atoms in total. The van der Waals surface area contributed by atoms with Crippen LogP contribution in [-0.4, -0.2) is 72.4 Å². The lowest BCUT2D eigenvalue weighted by Crippen LogP contribution is -2.72.